The number of hydrogen-bond acceptors (Lipinski definition) is 5. The quantitative estimate of drug-likeness (QED) is 0.638. The summed E-state index contributed by atoms with van der Waals surface area (Å²) < 4.78 is 27.4. The summed E-state index contributed by atoms with van der Waals surface area (Å²) in [5, 5.41) is 13.9. The average molecular weight is 311 g/mol. The van der Waals surface area contributed by atoms with Crippen LogP contribution in [0.1, 0.15) is 19.3 Å². The van der Waals surface area contributed by atoms with Gasteiger partial charge in [0.05, 0.1) is 9.82 Å². The second-order valence-electron chi connectivity index (χ2n) is 5.67. The Balaban J connectivity index is 1.76. The number of benzene rings is 1. The molecule has 4 rings (SSSR count). The highest BCUT2D eigenvalue weighted by Gasteiger charge is 2.37. The van der Waals surface area contributed by atoms with Crippen molar-refractivity contribution < 1.29 is 13.3 Å². The Bertz CT molecular complexity index is 636. The van der Waals surface area contributed by atoms with Gasteiger partial charge >= 0.3 is 0 Å². The Morgan fingerprint density at radius 1 is 1.24 bits per heavy atom. The summed E-state index contributed by atoms with van der Waals surface area (Å²) in [5.41, 5.74) is -0.118. The summed E-state index contributed by atoms with van der Waals surface area (Å²) in [6, 6.07) is 5.05. The van der Waals surface area contributed by atoms with Crippen LogP contribution in [0.5, 0.6) is 0 Å². The van der Waals surface area contributed by atoms with E-state index in [-0.39, 0.29) is 22.7 Å². The van der Waals surface area contributed by atoms with E-state index in [1.54, 1.807) is 0 Å². The molecule has 1 saturated carbocycles. The van der Waals surface area contributed by atoms with Crippen molar-refractivity contribution in [2.24, 2.45) is 5.92 Å². The monoisotopic (exact) mass is 311 g/mol. The number of nitrogens with one attached hydrogen (secondary N) is 2. The smallest absolute Gasteiger partial charge is 0.269 e. The summed E-state index contributed by atoms with van der Waals surface area (Å²) in [6.45, 7) is 0.959. The van der Waals surface area contributed by atoms with Crippen LogP contribution < -0.4 is 10.0 Å². The van der Waals surface area contributed by atoms with E-state index in [9.17, 15) is 18.5 Å². The van der Waals surface area contributed by atoms with Crippen LogP contribution in [0.3, 0.4) is 0 Å². The zero-order valence-electron chi connectivity index (χ0n) is 11.4. The Hall–Kier alpha value is -1.51. The van der Waals surface area contributed by atoms with Gasteiger partial charge in [0, 0.05) is 24.2 Å². The molecule has 0 aromatic heterocycles. The molecule has 114 valence electrons. The van der Waals surface area contributed by atoms with Gasteiger partial charge in [-0.1, -0.05) is 0 Å². The van der Waals surface area contributed by atoms with E-state index < -0.39 is 14.9 Å². The predicted octanol–water partition coefficient (Wildman–Crippen LogP) is 1.01. The van der Waals surface area contributed by atoms with Crippen molar-refractivity contribution in [2.45, 2.75) is 36.2 Å². The zero-order chi connectivity index (χ0) is 15.0. The number of hydrogen-bond donors (Lipinski definition) is 2. The zero-order valence-corrected chi connectivity index (χ0v) is 12.2. The summed E-state index contributed by atoms with van der Waals surface area (Å²) >= 11 is 0. The Morgan fingerprint density at radius 2 is 1.95 bits per heavy atom. The minimum absolute atomic E-state index is 0.0644. The molecule has 1 aromatic rings. The lowest BCUT2D eigenvalue weighted by atomic mass is 9.78. The SMILES string of the molecule is O=[N+]([O-])c1ccc(S(=O)(=O)NC2CC3CCC2NC3)cc1. The van der Waals surface area contributed by atoms with Crippen LogP contribution in [-0.2, 0) is 10.0 Å². The standard InChI is InChI=1S/C13H17N3O4S/c17-16(18)10-2-4-11(5-3-10)21(19,20)15-13-7-9-1-6-12(13)14-8-9/h2-5,9,12-15H,1,6-8H2. The van der Waals surface area contributed by atoms with Crippen molar-refractivity contribution in [3.05, 3.63) is 34.4 Å². The van der Waals surface area contributed by atoms with Crippen molar-refractivity contribution in [1.82, 2.24) is 10.0 Å². The maximum absolute atomic E-state index is 12.3. The molecule has 0 radical (unpaired) electrons. The first-order chi connectivity index (χ1) is 9.95. The number of sulfonamides is 1. The maximum Gasteiger partial charge on any atom is 0.269 e. The lowest BCUT2D eigenvalue weighted by Gasteiger charge is -2.43. The molecule has 21 heavy (non-hydrogen) atoms. The molecule has 0 spiro atoms. The Morgan fingerprint density at radius 3 is 2.43 bits per heavy atom. The van der Waals surface area contributed by atoms with Gasteiger partial charge in [0.15, 0.2) is 0 Å². The van der Waals surface area contributed by atoms with E-state index in [4.69, 9.17) is 0 Å². The average Bonchev–Trinajstić information content (AvgIpc) is 2.48. The first-order valence-electron chi connectivity index (χ1n) is 6.96. The fourth-order valence-electron chi connectivity index (χ4n) is 3.15. The van der Waals surface area contributed by atoms with Gasteiger partial charge in [-0.05, 0) is 43.9 Å². The molecule has 2 bridgehead atoms. The molecule has 2 N–H and O–H groups in total. The molecule has 2 heterocycles. The minimum atomic E-state index is -3.64. The normalized spacial score (nSPS) is 28.5. The summed E-state index contributed by atoms with van der Waals surface area (Å²) in [5.74, 6) is 0.527. The number of rotatable bonds is 4. The highest BCUT2D eigenvalue weighted by atomic mass is 32.2. The largest absolute Gasteiger partial charge is 0.312 e. The summed E-state index contributed by atoms with van der Waals surface area (Å²) in [4.78, 5) is 10.1. The van der Waals surface area contributed by atoms with Crippen molar-refractivity contribution in [2.75, 3.05) is 6.54 Å². The molecule has 7 nitrogen and oxygen atoms in total. The first kappa shape index (κ1) is 14.4. The number of nitrogens with zero attached hydrogens (tertiary/aromatic N) is 1. The number of nitro groups is 1. The van der Waals surface area contributed by atoms with E-state index in [1.165, 1.54) is 24.3 Å². The molecular formula is C13H17N3O4S. The van der Waals surface area contributed by atoms with Crippen LogP contribution in [-0.4, -0.2) is 32.0 Å². The van der Waals surface area contributed by atoms with Crippen LogP contribution in [0.15, 0.2) is 29.2 Å². The summed E-state index contributed by atoms with van der Waals surface area (Å²) in [6.07, 6.45) is 2.98. The molecule has 3 unspecified atom stereocenters. The lowest BCUT2D eigenvalue weighted by Crippen LogP contribution is -2.59. The van der Waals surface area contributed by atoms with E-state index in [0.717, 1.165) is 25.8 Å². The maximum atomic E-state index is 12.3. The van der Waals surface area contributed by atoms with E-state index in [1.807, 2.05) is 0 Å². The highest BCUT2D eigenvalue weighted by molar-refractivity contribution is 7.89. The highest BCUT2D eigenvalue weighted by Crippen LogP contribution is 2.30. The van der Waals surface area contributed by atoms with E-state index in [0.29, 0.717) is 5.92 Å². The van der Waals surface area contributed by atoms with Crippen LogP contribution in [0, 0.1) is 16.0 Å². The van der Waals surface area contributed by atoms with E-state index in [2.05, 4.69) is 10.0 Å². The molecule has 2 saturated heterocycles. The number of non-ortho nitro benzene ring substituents is 1. The molecule has 1 aromatic carbocycles. The number of piperidine rings is 2. The van der Waals surface area contributed by atoms with Crippen molar-refractivity contribution in [3.8, 4) is 0 Å². The fraction of sp³-hybridized carbons (Fsp3) is 0.538. The van der Waals surface area contributed by atoms with Gasteiger partial charge in [-0.3, -0.25) is 10.1 Å². The van der Waals surface area contributed by atoms with E-state index >= 15 is 0 Å². The Labute approximate surface area is 122 Å². The van der Waals surface area contributed by atoms with Crippen LogP contribution in [0.25, 0.3) is 0 Å². The van der Waals surface area contributed by atoms with Crippen molar-refractivity contribution in [1.29, 1.82) is 0 Å². The van der Waals surface area contributed by atoms with Crippen molar-refractivity contribution >= 4 is 15.7 Å². The van der Waals surface area contributed by atoms with Gasteiger partial charge in [-0.25, -0.2) is 13.1 Å². The predicted molar refractivity (Wildman–Crippen MR) is 76.3 cm³/mol. The molecule has 0 amide bonds. The molecular weight excluding hydrogens is 294 g/mol. The van der Waals surface area contributed by atoms with Crippen LogP contribution >= 0.6 is 0 Å². The van der Waals surface area contributed by atoms with Gasteiger partial charge in [-0.2, -0.15) is 0 Å². The molecule has 2 aliphatic heterocycles. The van der Waals surface area contributed by atoms with Crippen molar-refractivity contribution in [3.63, 3.8) is 0 Å². The van der Waals surface area contributed by atoms with Gasteiger partial charge in [0.25, 0.3) is 5.69 Å². The second-order valence-corrected chi connectivity index (χ2v) is 7.39. The van der Waals surface area contributed by atoms with Crippen LogP contribution in [0.2, 0.25) is 0 Å². The fourth-order valence-corrected chi connectivity index (χ4v) is 4.44. The molecule has 3 aliphatic rings. The van der Waals surface area contributed by atoms with Gasteiger partial charge in [-0.15, -0.1) is 0 Å². The lowest BCUT2D eigenvalue weighted by molar-refractivity contribution is -0.384. The third kappa shape index (κ3) is 2.92. The first-order valence-corrected chi connectivity index (χ1v) is 8.44. The minimum Gasteiger partial charge on any atom is -0.312 e. The van der Waals surface area contributed by atoms with Crippen LogP contribution in [0.4, 0.5) is 5.69 Å². The topological polar surface area (TPSA) is 101 Å². The molecule has 8 heteroatoms. The Kier molecular flexibility index (Phi) is 3.68. The summed E-state index contributed by atoms with van der Waals surface area (Å²) in [7, 11) is -3.64. The molecule has 3 atom stereocenters. The van der Waals surface area contributed by atoms with Gasteiger partial charge < -0.3 is 5.32 Å². The number of fused-ring (bicyclic) bond motifs is 3. The third-order valence-electron chi connectivity index (χ3n) is 4.29. The van der Waals surface area contributed by atoms with Gasteiger partial charge in [0.2, 0.25) is 10.0 Å². The molecule has 3 fully saturated rings. The second kappa shape index (κ2) is 5.36. The third-order valence-corrected chi connectivity index (χ3v) is 5.80. The molecule has 1 aliphatic carbocycles. The van der Waals surface area contributed by atoms with Gasteiger partial charge in [0.1, 0.15) is 0 Å². The number of nitro benzene ring substituents is 1.